The van der Waals surface area contributed by atoms with Gasteiger partial charge in [-0.3, -0.25) is 0 Å². The van der Waals surface area contributed by atoms with E-state index in [-0.39, 0.29) is 0 Å². The highest BCUT2D eigenvalue weighted by atomic mass is 127. The van der Waals surface area contributed by atoms with E-state index < -0.39 is 0 Å². The first-order valence-electron chi connectivity index (χ1n) is 3.91. The molecule has 0 amide bonds. The van der Waals surface area contributed by atoms with Crippen LogP contribution in [-0.4, -0.2) is 12.2 Å². The zero-order valence-corrected chi connectivity index (χ0v) is 11.8. The van der Waals surface area contributed by atoms with E-state index in [1.807, 2.05) is 19.2 Å². The third kappa shape index (κ3) is 2.69. The highest BCUT2D eigenvalue weighted by Gasteiger charge is 2.09. The molecule has 0 aliphatic carbocycles. The van der Waals surface area contributed by atoms with Crippen LogP contribution in [0.2, 0.25) is 0 Å². The van der Waals surface area contributed by atoms with Crippen LogP contribution in [0.1, 0.15) is 18.5 Å². The number of hydrogen-bond acceptors (Lipinski definition) is 2. The summed E-state index contributed by atoms with van der Waals surface area (Å²) in [5, 5.41) is 12.7. The number of halogens is 2. The molecule has 13 heavy (non-hydrogen) atoms. The van der Waals surface area contributed by atoms with Crippen molar-refractivity contribution < 1.29 is 5.11 Å². The number of phenolic OH excluding ortho intramolecular Hbond substituents is 1. The molecule has 0 bridgehead atoms. The topological polar surface area (TPSA) is 32.3 Å². The number of phenols is 1. The van der Waals surface area contributed by atoms with Crippen molar-refractivity contribution in [3.8, 4) is 5.75 Å². The molecule has 0 aliphatic heterocycles. The van der Waals surface area contributed by atoms with E-state index in [1.165, 1.54) is 5.56 Å². The van der Waals surface area contributed by atoms with Gasteiger partial charge in [0.05, 0.1) is 7.14 Å². The van der Waals surface area contributed by atoms with Gasteiger partial charge in [-0.05, 0) is 76.8 Å². The first-order valence-corrected chi connectivity index (χ1v) is 6.07. The van der Waals surface area contributed by atoms with Gasteiger partial charge < -0.3 is 10.4 Å². The zero-order chi connectivity index (χ0) is 10.0. The molecular formula is C9H11I2NO. The molecule has 0 fully saturated rings. The molecule has 1 aromatic carbocycles. The molecule has 2 N–H and O–H groups in total. The van der Waals surface area contributed by atoms with E-state index in [2.05, 4.69) is 57.4 Å². The van der Waals surface area contributed by atoms with Crippen LogP contribution in [0.5, 0.6) is 5.75 Å². The Kier molecular flexibility index (Phi) is 4.24. The Balaban J connectivity index is 3.13. The second-order valence-corrected chi connectivity index (χ2v) is 5.17. The zero-order valence-electron chi connectivity index (χ0n) is 7.44. The van der Waals surface area contributed by atoms with Gasteiger partial charge in [-0.2, -0.15) is 0 Å². The first kappa shape index (κ1) is 11.5. The number of aromatic hydroxyl groups is 1. The molecule has 0 aliphatic rings. The summed E-state index contributed by atoms with van der Waals surface area (Å²) >= 11 is 4.29. The van der Waals surface area contributed by atoms with Crippen LogP contribution in [0.15, 0.2) is 12.1 Å². The van der Waals surface area contributed by atoms with Gasteiger partial charge in [0, 0.05) is 6.04 Å². The van der Waals surface area contributed by atoms with Crippen LogP contribution < -0.4 is 5.32 Å². The summed E-state index contributed by atoms with van der Waals surface area (Å²) in [6.07, 6.45) is 0. The Hall–Kier alpha value is 0.440. The molecule has 0 aromatic heterocycles. The Morgan fingerprint density at radius 3 is 2.15 bits per heavy atom. The van der Waals surface area contributed by atoms with Crippen LogP contribution >= 0.6 is 45.2 Å². The van der Waals surface area contributed by atoms with Crippen molar-refractivity contribution in [2.24, 2.45) is 0 Å². The molecule has 0 spiro atoms. The Bertz CT molecular complexity index is 291. The van der Waals surface area contributed by atoms with Crippen molar-refractivity contribution in [1.82, 2.24) is 5.32 Å². The minimum atomic E-state index is 0.322. The minimum absolute atomic E-state index is 0.322. The molecule has 1 rings (SSSR count). The van der Waals surface area contributed by atoms with Crippen molar-refractivity contribution in [2.45, 2.75) is 13.0 Å². The van der Waals surface area contributed by atoms with Crippen molar-refractivity contribution in [1.29, 1.82) is 0 Å². The van der Waals surface area contributed by atoms with Gasteiger partial charge in [-0.15, -0.1) is 0 Å². The maximum atomic E-state index is 9.55. The summed E-state index contributed by atoms with van der Waals surface area (Å²) in [6, 6.07) is 4.32. The first-order chi connectivity index (χ1) is 6.06. The molecule has 72 valence electrons. The summed E-state index contributed by atoms with van der Waals surface area (Å²) in [6.45, 7) is 2.10. The predicted octanol–water partition coefficient (Wildman–Crippen LogP) is 2.88. The quantitative estimate of drug-likeness (QED) is 0.745. The SMILES string of the molecule is CN[C@@H](C)c1cc(I)c(O)c(I)c1. The van der Waals surface area contributed by atoms with Crippen LogP contribution in [0.4, 0.5) is 0 Å². The highest BCUT2D eigenvalue weighted by molar-refractivity contribution is 14.1. The van der Waals surface area contributed by atoms with Crippen molar-refractivity contribution in [3.05, 3.63) is 24.8 Å². The lowest BCUT2D eigenvalue weighted by Crippen LogP contribution is -2.12. The van der Waals surface area contributed by atoms with Crippen LogP contribution in [0.25, 0.3) is 0 Å². The van der Waals surface area contributed by atoms with Gasteiger partial charge >= 0.3 is 0 Å². The Labute approximate surface area is 105 Å². The van der Waals surface area contributed by atoms with Crippen LogP contribution in [0.3, 0.4) is 0 Å². The summed E-state index contributed by atoms with van der Waals surface area (Å²) in [5.41, 5.74) is 1.20. The van der Waals surface area contributed by atoms with Gasteiger partial charge in [0.15, 0.2) is 0 Å². The average molecular weight is 403 g/mol. The fourth-order valence-electron chi connectivity index (χ4n) is 1.00. The van der Waals surface area contributed by atoms with E-state index in [9.17, 15) is 5.11 Å². The van der Waals surface area contributed by atoms with E-state index in [1.54, 1.807) is 0 Å². The van der Waals surface area contributed by atoms with Crippen LogP contribution in [0, 0.1) is 7.14 Å². The van der Waals surface area contributed by atoms with Gasteiger partial charge in [0.1, 0.15) is 5.75 Å². The highest BCUT2D eigenvalue weighted by Crippen LogP contribution is 2.29. The number of rotatable bonds is 2. The molecule has 4 heteroatoms. The number of hydrogen-bond donors (Lipinski definition) is 2. The molecule has 0 saturated heterocycles. The number of nitrogens with one attached hydrogen (secondary N) is 1. The molecular weight excluding hydrogens is 392 g/mol. The van der Waals surface area contributed by atoms with Crippen LogP contribution in [-0.2, 0) is 0 Å². The summed E-state index contributed by atoms with van der Waals surface area (Å²) < 4.78 is 1.81. The number of benzene rings is 1. The van der Waals surface area contributed by atoms with Crippen molar-refractivity contribution in [2.75, 3.05) is 7.05 Å². The van der Waals surface area contributed by atoms with E-state index in [4.69, 9.17) is 0 Å². The molecule has 0 saturated carbocycles. The fourth-order valence-corrected chi connectivity index (χ4v) is 2.82. The second kappa shape index (κ2) is 4.79. The molecule has 0 unspecified atom stereocenters. The van der Waals surface area contributed by atoms with Gasteiger partial charge in [-0.1, -0.05) is 0 Å². The summed E-state index contributed by atoms with van der Waals surface area (Å²) in [5.74, 6) is 0.383. The lowest BCUT2D eigenvalue weighted by Gasteiger charge is -2.12. The van der Waals surface area contributed by atoms with Gasteiger partial charge in [0.25, 0.3) is 0 Å². The fraction of sp³-hybridized carbons (Fsp3) is 0.333. The van der Waals surface area contributed by atoms with E-state index in [0.29, 0.717) is 11.8 Å². The normalized spacial score (nSPS) is 12.9. The van der Waals surface area contributed by atoms with Gasteiger partial charge in [-0.25, -0.2) is 0 Å². The van der Waals surface area contributed by atoms with E-state index >= 15 is 0 Å². The molecule has 1 atom stereocenters. The Morgan fingerprint density at radius 2 is 1.77 bits per heavy atom. The standard InChI is InChI=1S/C9H11I2NO/c1-5(12-2)6-3-7(10)9(13)8(11)4-6/h3-5,12-13H,1-2H3/t5-/m0/s1. The van der Waals surface area contributed by atoms with E-state index in [0.717, 1.165) is 7.14 Å². The molecule has 0 heterocycles. The summed E-state index contributed by atoms with van der Waals surface area (Å²) in [7, 11) is 1.93. The average Bonchev–Trinajstić information content (AvgIpc) is 2.12. The third-order valence-corrected chi connectivity index (χ3v) is 3.62. The van der Waals surface area contributed by atoms with Crippen molar-refractivity contribution >= 4 is 45.2 Å². The molecule has 2 nitrogen and oxygen atoms in total. The maximum Gasteiger partial charge on any atom is 0.142 e. The maximum absolute atomic E-state index is 9.55. The largest absolute Gasteiger partial charge is 0.506 e. The van der Waals surface area contributed by atoms with Gasteiger partial charge in [0.2, 0.25) is 0 Å². The lowest BCUT2D eigenvalue weighted by atomic mass is 10.1. The Morgan fingerprint density at radius 1 is 1.31 bits per heavy atom. The summed E-state index contributed by atoms with van der Waals surface area (Å²) in [4.78, 5) is 0. The smallest absolute Gasteiger partial charge is 0.142 e. The predicted molar refractivity (Wildman–Crippen MR) is 71.0 cm³/mol. The monoisotopic (exact) mass is 403 g/mol. The molecule has 0 radical (unpaired) electrons. The minimum Gasteiger partial charge on any atom is -0.506 e. The molecule has 1 aromatic rings. The second-order valence-electron chi connectivity index (χ2n) is 2.84. The van der Waals surface area contributed by atoms with Crippen molar-refractivity contribution in [3.63, 3.8) is 0 Å². The third-order valence-electron chi connectivity index (χ3n) is 1.97. The lowest BCUT2D eigenvalue weighted by molar-refractivity contribution is 0.467.